The summed E-state index contributed by atoms with van der Waals surface area (Å²) in [5.74, 6) is -1.73. The zero-order valence-electron chi connectivity index (χ0n) is 9.48. The zero-order valence-corrected chi connectivity index (χ0v) is 9.48. The fourth-order valence-corrected chi connectivity index (χ4v) is 2.15. The topological polar surface area (TPSA) is 60.8 Å². The second-order valence-corrected chi connectivity index (χ2v) is 4.61. The van der Waals surface area contributed by atoms with Crippen molar-refractivity contribution >= 4 is 11.7 Å². The van der Waals surface area contributed by atoms with Crippen molar-refractivity contribution in [2.24, 2.45) is 0 Å². The van der Waals surface area contributed by atoms with Gasteiger partial charge in [0.1, 0.15) is 5.82 Å². The van der Waals surface area contributed by atoms with Crippen LogP contribution in [0.15, 0.2) is 18.2 Å². The van der Waals surface area contributed by atoms with Gasteiger partial charge >= 0.3 is 5.97 Å². The first-order valence-corrected chi connectivity index (χ1v) is 5.40. The number of para-hydroxylation sites is 1. The number of carbonyl (C=O) groups is 1. The summed E-state index contributed by atoms with van der Waals surface area (Å²) in [5, 5.41) is 18.9. The maximum Gasteiger partial charge on any atom is 0.337 e. The van der Waals surface area contributed by atoms with E-state index in [1.807, 2.05) is 0 Å². The molecule has 1 aliphatic heterocycles. The lowest BCUT2D eigenvalue weighted by atomic mass is 10.1. The molecule has 0 aromatic heterocycles. The highest BCUT2D eigenvalue weighted by molar-refractivity contribution is 5.94. The van der Waals surface area contributed by atoms with E-state index in [1.165, 1.54) is 18.2 Å². The molecule has 0 radical (unpaired) electrons. The lowest BCUT2D eigenvalue weighted by Crippen LogP contribution is -2.31. The maximum atomic E-state index is 13.7. The standard InChI is InChI=1S/C12H14FNO3/c1-12(17)5-6-14(7-12)10-8(11(15)16)3-2-4-9(10)13/h2-4,17H,5-7H2,1H3,(H,15,16). The van der Waals surface area contributed by atoms with E-state index in [4.69, 9.17) is 5.11 Å². The molecule has 1 atom stereocenters. The van der Waals surface area contributed by atoms with Crippen molar-refractivity contribution in [1.82, 2.24) is 0 Å². The van der Waals surface area contributed by atoms with Crippen molar-refractivity contribution in [3.8, 4) is 0 Å². The van der Waals surface area contributed by atoms with E-state index < -0.39 is 17.4 Å². The van der Waals surface area contributed by atoms with Crippen LogP contribution in [0.4, 0.5) is 10.1 Å². The van der Waals surface area contributed by atoms with Crippen LogP contribution in [-0.2, 0) is 0 Å². The van der Waals surface area contributed by atoms with Gasteiger partial charge < -0.3 is 15.1 Å². The normalized spacial score (nSPS) is 24.1. The molecule has 4 nitrogen and oxygen atoms in total. The molecule has 1 saturated heterocycles. The van der Waals surface area contributed by atoms with Crippen LogP contribution in [0, 0.1) is 5.82 Å². The Morgan fingerprint density at radius 2 is 2.24 bits per heavy atom. The van der Waals surface area contributed by atoms with Crippen molar-refractivity contribution < 1.29 is 19.4 Å². The second kappa shape index (κ2) is 4.00. The van der Waals surface area contributed by atoms with Gasteiger partial charge in [0, 0.05) is 13.1 Å². The van der Waals surface area contributed by atoms with E-state index >= 15 is 0 Å². The molecule has 1 aromatic carbocycles. The molecule has 1 heterocycles. The first kappa shape index (κ1) is 11.9. The Bertz CT molecular complexity index is 459. The van der Waals surface area contributed by atoms with E-state index in [0.717, 1.165) is 0 Å². The van der Waals surface area contributed by atoms with Gasteiger partial charge in [-0.05, 0) is 25.5 Å². The summed E-state index contributed by atoms with van der Waals surface area (Å²) in [5.41, 5.74) is -0.890. The minimum atomic E-state index is -1.16. The number of aromatic carboxylic acids is 1. The van der Waals surface area contributed by atoms with Crippen molar-refractivity contribution in [1.29, 1.82) is 0 Å². The van der Waals surface area contributed by atoms with Crippen molar-refractivity contribution in [2.45, 2.75) is 18.9 Å². The molecule has 0 spiro atoms. The van der Waals surface area contributed by atoms with Gasteiger partial charge in [-0.1, -0.05) is 6.07 Å². The number of hydrogen-bond acceptors (Lipinski definition) is 3. The molecule has 1 aromatic rings. The summed E-state index contributed by atoms with van der Waals surface area (Å²) in [4.78, 5) is 12.6. The Kier molecular flexibility index (Phi) is 2.79. The lowest BCUT2D eigenvalue weighted by Gasteiger charge is -2.22. The Morgan fingerprint density at radius 1 is 1.53 bits per heavy atom. The molecule has 0 amide bonds. The van der Waals surface area contributed by atoms with E-state index in [2.05, 4.69) is 0 Å². The summed E-state index contributed by atoms with van der Waals surface area (Å²) in [6, 6.07) is 3.97. The monoisotopic (exact) mass is 239 g/mol. The molecule has 0 saturated carbocycles. The van der Waals surface area contributed by atoms with Crippen LogP contribution in [0.25, 0.3) is 0 Å². The number of aliphatic hydroxyl groups is 1. The molecule has 2 N–H and O–H groups in total. The number of benzene rings is 1. The molecular formula is C12H14FNO3. The minimum absolute atomic E-state index is 0.0669. The number of nitrogens with zero attached hydrogens (tertiary/aromatic N) is 1. The number of carboxylic acid groups (broad SMARTS) is 1. The van der Waals surface area contributed by atoms with Gasteiger partial charge in [-0.25, -0.2) is 9.18 Å². The summed E-state index contributed by atoms with van der Waals surface area (Å²) in [6.45, 7) is 2.36. The number of anilines is 1. The number of rotatable bonds is 2. The molecule has 0 bridgehead atoms. The average molecular weight is 239 g/mol. The van der Waals surface area contributed by atoms with Gasteiger partial charge in [0.2, 0.25) is 0 Å². The third-order valence-corrected chi connectivity index (χ3v) is 2.99. The van der Waals surface area contributed by atoms with Crippen molar-refractivity contribution in [3.05, 3.63) is 29.6 Å². The van der Waals surface area contributed by atoms with Gasteiger partial charge in [-0.2, -0.15) is 0 Å². The number of hydrogen-bond donors (Lipinski definition) is 2. The second-order valence-electron chi connectivity index (χ2n) is 4.61. The molecule has 1 aliphatic rings. The SMILES string of the molecule is CC1(O)CCN(c2c(F)cccc2C(=O)O)C1. The maximum absolute atomic E-state index is 13.7. The largest absolute Gasteiger partial charge is 0.478 e. The molecule has 0 aliphatic carbocycles. The third-order valence-electron chi connectivity index (χ3n) is 2.99. The number of β-amino-alcohol motifs (C(OH)–C–C–N with tert-alkyl or cyclic N) is 1. The summed E-state index contributed by atoms with van der Waals surface area (Å²) in [6.07, 6.45) is 0.500. The van der Waals surface area contributed by atoms with E-state index in [-0.39, 0.29) is 17.8 Å². The smallest absolute Gasteiger partial charge is 0.337 e. The Balaban J connectivity index is 2.42. The summed E-state index contributed by atoms with van der Waals surface area (Å²) in [7, 11) is 0. The highest BCUT2D eigenvalue weighted by Gasteiger charge is 2.34. The first-order chi connectivity index (χ1) is 7.91. The Morgan fingerprint density at radius 3 is 2.76 bits per heavy atom. The predicted molar refractivity (Wildman–Crippen MR) is 60.8 cm³/mol. The van der Waals surface area contributed by atoms with Crippen LogP contribution >= 0.6 is 0 Å². The minimum Gasteiger partial charge on any atom is -0.478 e. The summed E-state index contributed by atoms with van der Waals surface area (Å²) >= 11 is 0. The van der Waals surface area contributed by atoms with Crippen LogP contribution in [0.2, 0.25) is 0 Å². The lowest BCUT2D eigenvalue weighted by molar-refractivity contribution is 0.0695. The van der Waals surface area contributed by atoms with Crippen LogP contribution in [-0.4, -0.2) is 34.9 Å². The van der Waals surface area contributed by atoms with Gasteiger partial charge in [0.15, 0.2) is 0 Å². The van der Waals surface area contributed by atoms with Crippen LogP contribution in [0.5, 0.6) is 0 Å². The number of carboxylic acids is 1. The quantitative estimate of drug-likeness (QED) is 0.820. The fraction of sp³-hybridized carbons (Fsp3) is 0.417. The van der Waals surface area contributed by atoms with Crippen LogP contribution in [0.3, 0.4) is 0 Å². The fourth-order valence-electron chi connectivity index (χ4n) is 2.15. The van der Waals surface area contributed by atoms with Gasteiger partial charge in [0.25, 0.3) is 0 Å². The number of halogens is 1. The van der Waals surface area contributed by atoms with E-state index in [1.54, 1.807) is 11.8 Å². The zero-order chi connectivity index (χ0) is 12.6. The average Bonchev–Trinajstić information content (AvgIpc) is 2.58. The molecule has 2 rings (SSSR count). The third kappa shape index (κ3) is 2.24. The van der Waals surface area contributed by atoms with E-state index in [9.17, 15) is 14.3 Å². The molecule has 5 heteroatoms. The molecule has 1 fully saturated rings. The Labute approximate surface area is 98.3 Å². The van der Waals surface area contributed by atoms with Gasteiger partial charge in [-0.15, -0.1) is 0 Å². The molecule has 92 valence electrons. The van der Waals surface area contributed by atoms with Crippen LogP contribution < -0.4 is 4.90 Å². The van der Waals surface area contributed by atoms with Gasteiger partial charge in [-0.3, -0.25) is 0 Å². The molecule has 1 unspecified atom stereocenters. The highest BCUT2D eigenvalue weighted by Crippen LogP contribution is 2.31. The molecular weight excluding hydrogens is 225 g/mol. The van der Waals surface area contributed by atoms with E-state index in [0.29, 0.717) is 13.0 Å². The van der Waals surface area contributed by atoms with Crippen molar-refractivity contribution in [2.75, 3.05) is 18.0 Å². The first-order valence-electron chi connectivity index (χ1n) is 5.40. The highest BCUT2D eigenvalue weighted by atomic mass is 19.1. The van der Waals surface area contributed by atoms with Crippen molar-refractivity contribution in [3.63, 3.8) is 0 Å². The molecule has 17 heavy (non-hydrogen) atoms. The Hall–Kier alpha value is -1.62. The van der Waals surface area contributed by atoms with Crippen LogP contribution in [0.1, 0.15) is 23.7 Å². The predicted octanol–water partition coefficient (Wildman–Crippen LogP) is 1.49. The summed E-state index contributed by atoms with van der Waals surface area (Å²) < 4.78 is 13.7. The van der Waals surface area contributed by atoms with Gasteiger partial charge in [0.05, 0.1) is 16.9 Å².